The number of imidazole rings is 1. The van der Waals surface area contributed by atoms with Gasteiger partial charge in [0.25, 0.3) is 0 Å². The van der Waals surface area contributed by atoms with Crippen LogP contribution in [0.2, 0.25) is 0 Å². The van der Waals surface area contributed by atoms with E-state index in [1.54, 1.807) is 23.7 Å². The number of benzene rings is 1. The second-order valence-corrected chi connectivity index (χ2v) is 6.35. The number of hydrogen-bond acceptors (Lipinski definition) is 5. The number of carbonyl (C=O) groups excluding carboxylic acids is 2. The lowest BCUT2D eigenvalue weighted by molar-refractivity contribution is 0.0597. The molecule has 1 saturated heterocycles. The lowest BCUT2D eigenvalue weighted by Gasteiger charge is -2.13. The summed E-state index contributed by atoms with van der Waals surface area (Å²) in [7, 11) is 4.98. The summed E-state index contributed by atoms with van der Waals surface area (Å²) in [6.45, 7) is 3.10. The SMILES string of the molecule is COC(=O)c1cc2c(cc1C(C)=O)n(C)c(=O)n2C1CCN(C)C1. The fraction of sp³-hybridized carbons (Fsp3) is 0.471. The molecule has 0 N–H and O–H groups in total. The van der Waals surface area contributed by atoms with E-state index in [0.717, 1.165) is 19.5 Å². The molecule has 0 aliphatic carbocycles. The van der Waals surface area contributed by atoms with E-state index >= 15 is 0 Å². The van der Waals surface area contributed by atoms with Gasteiger partial charge in [-0.15, -0.1) is 0 Å². The Kier molecular flexibility index (Phi) is 4.04. The molecule has 0 amide bonds. The summed E-state index contributed by atoms with van der Waals surface area (Å²) < 4.78 is 8.06. The highest BCUT2D eigenvalue weighted by molar-refractivity contribution is 6.08. The number of fused-ring (bicyclic) bond motifs is 1. The number of methoxy groups -OCH3 is 1. The number of aromatic nitrogens is 2. The number of carbonyl (C=O) groups is 2. The van der Waals surface area contributed by atoms with E-state index in [9.17, 15) is 14.4 Å². The number of esters is 1. The van der Waals surface area contributed by atoms with Crippen LogP contribution in [0.25, 0.3) is 11.0 Å². The molecule has 1 fully saturated rings. The molecule has 0 spiro atoms. The fourth-order valence-corrected chi connectivity index (χ4v) is 3.45. The topological polar surface area (TPSA) is 73.5 Å². The number of hydrogen-bond donors (Lipinski definition) is 0. The summed E-state index contributed by atoms with van der Waals surface area (Å²) in [5, 5.41) is 0. The molecule has 1 aliphatic rings. The highest BCUT2D eigenvalue weighted by Gasteiger charge is 2.27. The number of likely N-dealkylation sites (N-methyl/N-ethyl adjacent to an activating group) is 1. The maximum Gasteiger partial charge on any atom is 0.338 e. The summed E-state index contributed by atoms with van der Waals surface area (Å²) >= 11 is 0. The van der Waals surface area contributed by atoms with Crippen molar-refractivity contribution in [2.45, 2.75) is 19.4 Å². The number of nitrogens with zero attached hydrogens (tertiary/aromatic N) is 3. The third-order valence-corrected chi connectivity index (χ3v) is 4.74. The number of rotatable bonds is 3. The fourth-order valence-electron chi connectivity index (χ4n) is 3.45. The standard InChI is InChI=1S/C17H21N3O4/c1-10(21)12-7-14-15(8-13(12)16(22)24-4)20(17(23)19(14)3)11-5-6-18(2)9-11/h7-8,11H,5-6,9H2,1-4H3. The van der Waals surface area contributed by atoms with E-state index in [1.165, 1.54) is 18.6 Å². The van der Waals surface area contributed by atoms with Crippen LogP contribution in [0.1, 0.15) is 40.1 Å². The summed E-state index contributed by atoms with van der Waals surface area (Å²) in [6.07, 6.45) is 0.873. The number of ketones is 1. The van der Waals surface area contributed by atoms with Crippen LogP contribution in [-0.2, 0) is 11.8 Å². The molecule has 24 heavy (non-hydrogen) atoms. The minimum absolute atomic E-state index is 0.0554. The average molecular weight is 331 g/mol. The first-order valence-corrected chi connectivity index (χ1v) is 7.88. The molecule has 1 aromatic carbocycles. The van der Waals surface area contributed by atoms with Gasteiger partial charge in [-0.1, -0.05) is 0 Å². The van der Waals surface area contributed by atoms with Gasteiger partial charge in [-0.05, 0) is 39.1 Å². The van der Waals surface area contributed by atoms with Gasteiger partial charge in [0.05, 0.1) is 29.7 Å². The zero-order valence-corrected chi connectivity index (χ0v) is 14.3. The molecule has 1 unspecified atom stereocenters. The molecule has 7 heteroatoms. The van der Waals surface area contributed by atoms with Crippen molar-refractivity contribution in [3.63, 3.8) is 0 Å². The molecule has 2 heterocycles. The normalized spacial score (nSPS) is 18.2. The van der Waals surface area contributed by atoms with Crippen LogP contribution >= 0.6 is 0 Å². The van der Waals surface area contributed by atoms with E-state index in [4.69, 9.17) is 4.74 Å². The van der Waals surface area contributed by atoms with Gasteiger partial charge in [-0.25, -0.2) is 9.59 Å². The molecule has 1 aliphatic heterocycles. The first-order valence-electron chi connectivity index (χ1n) is 7.88. The Hall–Kier alpha value is -2.41. The largest absolute Gasteiger partial charge is 0.465 e. The Bertz CT molecular complexity index is 893. The third kappa shape index (κ3) is 2.45. The van der Waals surface area contributed by atoms with Gasteiger partial charge in [0.15, 0.2) is 5.78 Å². The van der Waals surface area contributed by atoms with Crippen molar-refractivity contribution in [3.05, 3.63) is 33.7 Å². The second-order valence-electron chi connectivity index (χ2n) is 6.35. The highest BCUT2D eigenvalue weighted by Crippen LogP contribution is 2.27. The zero-order chi connectivity index (χ0) is 17.6. The first-order chi connectivity index (χ1) is 11.3. The lowest BCUT2D eigenvalue weighted by Crippen LogP contribution is -2.27. The minimum Gasteiger partial charge on any atom is -0.465 e. The third-order valence-electron chi connectivity index (χ3n) is 4.74. The number of ether oxygens (including phenoxy) is 1. The molecular formula is C17H21N3O4. The summed E-state index contributed by atoms with van der Waals surface area (Å²) in [5.74, 6) is -0.813. The van der Waals surface area contributed by atoms with Crippen molar-refractivity contribution >= 4 is 22.8 Å². The number of Topliss-reactive ketones (excluding diaryl/α,β-unsaturated/α-hetero) is 1. The van der Waals surface area contributed by atoms with E-state index in [0.29, 0.717) is 11.0 Å². The van der Waals surface area contributed by atoms with Crippen LogP contribution in [0.4, 0.5) is 0 Å². The van der Waals surface area contributed by atoms with Gasteiger partial charge in [-0.2, -0.15) is 0 Å². The van der Waals surface area contributed by atoms with Crippen molar-refractivity contribution in [3.8, 4) is 0 Å². The summed E-state index contributed by atoms with van der Waals surface area (Å²) in [6, 6.07) is 3.28. The molecular weight excluding hydrogens is 310 g/mol. The minimum atomic E-state index is -0.575. The molecule has 2 aromatic rings. The maximum atomic E-state index is 12.7. The van der Waals surface area contributed by atoms with Gasteiger partial charge in [0.1, 0.15) is 0 Å². The van der Waals surface area contributed by atoms with Crippen molar-refractivity contribution in [2.24, 2.45) is 7.05 Å². The Morgan fingerprint density at radius 1 is 1.17 bits per heavy atom. The Morgan fingerprint density at radius 3 is 2.38 bits per heavy atom. The van der Waals surface area contributed by atoms with Crippen LogP contribution in [0.15, 0.2) is 16.9 Å². The molecule has 0 radical (unpaired) electrons. The van der Waals surface area contributed by atoms with E-state index < -0.39 is 5.97 Å². The van der Waals surface area contributed by atoms with Crippen molar-refractivity contribution in [2.75, 3.05) is 27.2 Å². The van der Waals surface area contributed by atoms with Crippen LogP contribution in [0, 0.1) is 0 Å². The van der Waals surface area contributed by atoms with E-state index in [-0.39, 0.29) is 28.6 Å². The monoisotopic (exact) mass is 331 g/mol. The van der Waals surface area contributed by atoms with Crippen LogP contribution in [0.3, 0.4) is 0 Å². The quantitative estimate of drug-likeness (QED) is 0.624. The van der Waals surface area contributed by atoms with Gasteiger partial charge in [0, 0.05) is 19.2 Å². The highest BCUT2D eigenvalue weighted by atomic mass is 16.5. The van der Waals surface area contributed by atoms with E-state index in [2.05, 4.69) is 4.90 Å². The lowest BCUT2D eigenvalue weighted by atomic mass is 10.0. The molecule has 7 nitrogen and oxygen atoms in total. The Balaban J connectivity index is 2.31. The van der Waals surface area contributed by atoms with Gasteiger partial charge in [0.2, 0.25) is 0 Å². The smallest absolute Gasteiger partial charge is 0.338 e. The van der Waals surface area contributed by atoms with Gasteiger partial charge >= 0.3 is 11.7 Å². The predicted molar refractivity (Wildman–Crippen MR) is 89.7 cm³/mol. The second kappa shape index (κ2) is 5.90. The molecule has 1 aromatic heterocycles. The number of aryl methyl sites for hydroxylation is 1. The molecule has 0 saturated carbocycles. The van der Waals surface area contributed by atoms with Crippen LogP contribution in [0.5, 0.6) is 0 Å². The van der Waals surface area contributed by atoms with Crippen molar-refractivity contribution in [1.82, 2.24) is 14.0 Å². The molecule has 128 valence electrons. The molecule has 0 bridgehead atoms. The van der Waals surface area contributed by atoms with Crippen LogP contribution in [-0.4, -0.2) is 53.0 Å². The first kappa shape index (κ1) is 16.4. The molecule has 3 rings (SSSR count). The summed E-state index contributed by atoms with van der Waals surface area (Å²) in [4.78, 5) is 38.9. The van der Waals surface area contributed by atoms with Gasteiger partial charge < -0.3 is 9.64 Å². The number of likely N-dealkylation sites (tertiary alicyclic amines) is 1. The van der Waals surface area contributed by atoms with Gasteiger partial charge in [-0.3, -0.25) is 13.9 Å². The van der Waals surface area contributed by atoms with Crippen LogP contribution < -0.4 is 5.69 Å². The Morgan fingerprint density at radius 2 is 1.83 bits per heavy atom. The predicted octanol–water partition coefficient (Wildman–Crippen LogP) is 1.21. The average Bonchev–Trinajstić information content (AvgIpc) is 3.07. The van der Waals surface area contributed by atoms with Crippen molar-refractivity contribution in [1.29, 1.82) is 0 Å². The Labute approximate surface area is 139 Å². The van der Waals surface area contributed by atoms with E-state index in [1.807, 2.05) is 7.05 Å². The maximum absolute atomic E-state index is 12.7. The molecule has 1 atom stereocenters. The van der Waals surface area contributed by atoms with Crippen molar-refractivity contribution < 1.29 is 14.3 Å². The zero-order valence-electron chi connectivity index (χ0n) is 14.3. The summed E-state index contributed by atoms with van der Waals surface area (Å²) in [5.41, 5.74) is 1.64.